The van der Waals surface area contributed by atoms with Crippen molar-refractivity contribution in [1.82, 2.24) is 0 Å². The molecule has 0 radical (unpaired) electrons. The predicted molar refractivity (Wildman–Crippen MR) is 83.0 cm³/mol. The van der Waals surface area contributed by atoms with Crippen molar-refractivity contribution < 1.29 is 19.4 Å². The number of benzene rings is 1. The van der Waals surface area contributed by atoms with Gasteiger partial charge in [0, 0.05) is 12.0 Å². The van der Waals surface area contributed by atoms with Crippen LogP contribution in [-0.2, 0) is 16.0 Å². The lowest BCUT2D eigenvalue weighted by Crippen LogP contribution is -2.45. The van der Waals surface area contributed by atoms with Gasteiger partial charge in [-0.3, -0.25) is 0 Å². The van der Waals surface area contributed by atoms with Crippen LogP contribution in [0.15, 0.2) is 0 Å². The number of hydrogen-bond acceptors (Lipinski definition) is 4. The average Bonchev–Trinajstić information content (AvgIpc) is 2.51. The van der Waals surface area contributed by atoms with E-state index in [9.17, 15) is 9.90 Å². The largest absolute Gasteiger partial charge is 0.507 e. The molecule has 2 rings (SSSR count). The van der Waals surface area contributed by atoms with Crippen molar-refractivity contribution >= 4 is 5.97 Å². The number of aromatic hydroxyl groups is 1. The molecule has 1 N–H and O–H groups in total. The lowest BCUT2D eigenvalue weighted by molar-refractivity contribution is -0.159. The number of fused-ring (bicyclic) bond motifs is 1. The fraction of sp³-hybridized carbons (Fsp3) is 0.588. The monoisotopic (exact) mass is 294 g/mol. The van der Waals surface area contributed by atoms with Gasteiger partial charge in [-0.05, 0) is 50.8 Å². The van der Waals surface area contributed by atoms with Gasteiger partial charge in [-0.15, -0.1) is 0 Å². The van der Waals surface area contributed by atoms with E-state index in [1.165, 1.54) is 7.11 Å². The van der Waals surface area contributed by atoms with Gasteiger partial charge in [-0.25, -0.2) is 4.79 Å². The molecule has 0 saturated heterocycles. The molecular formula is C17H26O4. The molecule has 4 heteroatoms. The first kappa shape index (κ1) is 17.3. The zero-order valence-corrected chi connectivity index (χ0v) is 14.1. The normalized spacial score (nSPS) is 19.8. The number of hydrogen-bond donors (Lipinski definition) is 1. The number of phenolic OH excluding ortho intramolecular Hbond substituents is 1. The molecule has 118 valence electrons. The summed E-state index contributed by atoms with van der Waals surface area (Å²) in [5.41, 5.74) is 2.56. The Kier molecular flexibility index (Phi) is 5.26. The minimum atomic E-state index is -0.942. The van der Waals surface area contributed by atoms with Crippen molar-refractivity contribution in [3.05, 3.63) is 22.3 Å². The van der Waals surface area contributed by atoms with E-state index in [4.69, 9.17) is 9.47 Å². The van der Waals surface area contributed by atoms with Gasteiger partial charge in [0.25, 0.3) is 0 Å². The van der Waals surface area contributed by atoms with Gasteiger partial charge < -0.3 is 14.6 Å². The molecular weight excluding hydrogens is 268 g/mol. The summed E-state index contributed by atoms with van der Waals surface area (Å²) in [4.78, 5) is 11.8. The zero-order valence-electron chi connectivity index (χ0n) is 14.1. The summed E-state index contributed by atoms with van der Waals surface area (Å²) in [5.74, 6) is 0.675. The van der Waals surface area contributed by atoms with Crippen molar-refractivity contribution in [2.75, 3.05) is 7.11 Å². The van der Waals surface area contributed by atoms with Gasteiger partial charge in [-0.2, -0.15) is 0 Å². The first-order chi connectivity index (χ1) is 9.81. The lowest BCUT2D eigenvalue weighted by Gasteiger charge is -2.35. The number of esters is 1. The fourth-order valence-corrected chi connectivity index (χ4v) is 2.61. The van der Waals surface area contributed by atoms with Gasteiger partial charge in [0.05, 0.1) is 7.11 Å². The SMILES string of the molecule is CC.COC(=O)C1(C)CCc2c(C)c(O)c(C)c(C)c2O1. The summed E-state index contributed by atoms with van der Waals surface area (Å²) in [6.07, 6.45) is 1.25. The Labute approximate surface area is 127 Å². The van der Waals surface area contributed by atoms with Crippen LogP contribution in [0.3, 0.4) is 0 Å². The van der Waals surface area contributed by atoms with E-state index in [-0.39, 0.29) is 5.97 Å². The molecule has 1 aromatic rings. The molecule has 0 spiro atoms. The summed E-state index contributed by atoms with van der Waals surface area (Å²) in [6, 6.07) is 0. The third kappa shape index (κ3) is 2.85. The third-order valence-corrected chi connectivity index (χ3v) is 4.14. The second-order valence-electron chi connectivity index (χ2n) is 5.36. The first-order valence-electron chi connectivity index (χ1n) is 7.41. The van der Waals surface area contributed by atoms with Crippen LogP contribution in [0.4, 0.5) is 0 Å². The lowest BCUT2D eigenvalue weighted by atomic mass is 9.87. The van der Waals surface area contributed by atoms with E-state index in [1.807, 2.05) is 34.6 Å². The van der Waals surface area contributed by atoms with Crippen molar-refractivity contribution in [3.8, 4) is 11.5 Å². The highest BCUT2D eigenvalue weighted by Gasteiger charge is 2.41. The van der Waals surface area contributed by atoms with E-state index in [0.717, 1.165) is 22.3 Å². The van der Waals surface area contributed by atoms with Crippen molar-refractivity contribution in [3.63, 3.8) is 0 Å². The summed E-state index contributed by atoms with van der Waals surface area (Å²) in [6.45, 7) is 11.4. The number of phenols is 1. The second-order valence-corrected chi connectivity index (χ2v) is 5.36. The maximum Gasteiger partial charge on any atom is 0.349 e. The fourth-order valence-electron chi connectivity index (χ4n) is 2.61. The standard InChI is InChI=1S/C15H20O4.C2H6/c1-8-9(2)13-11(10(3)12(8)16)6-7-15(4,19-13)14(17)18-5;1-2/h16H,6-7H2,1-5H3;1-2H3. The van der Waals surface area contributed by atoms with Crippen LogP contribution < -0.4 is 4.74 Å². The molecule has 0 saturated carbocycles. The Morgan fingerprint density at radius 2 is 1.76 bits per heavy atom. The van der Waals surface area contributed by atoms with Crippen LogP contribution in [0, 0.1) is 20.8 Å². The van der Waals surface area contributed by atoms with Gasteiger partial charge in [0.2, 0.25) is 5.60 Å². The highest BCUT2D eigenvalue weighted by Crippen LogP contribution is 2.43. The van der Waals surface area contributed by atoms with Crippen molar-refractivity contribution in [1.29, 1.82) is 0 Å². The third-order valence-electron chi connectivity index (χ3n) is 4.14. The molecule has 0 amide bonds. The molecule has 1 unspecified atom stereocenters. The Morgan fingerprint density at radius 3 is 2.29 bits per heavy atom. The molecule has 4 nitrogen and oxygen atoms in total. The van der Waals surface area contributed by atoms with Crippen molar-refractivity contribution in [2.24, 2.45) is 0 Å². The van der Waals surface area contributed by atoms with E-state index in [0.29, 0.717) is 24.3 Å². The maximum atomic E-state index is 11.8. The van der Waals surface area contributed by atoms with Gasteiger partial charge in [0.15, 0.2) is 0 Å². The Morgan fingerprint density at radius 1 is 1.19 bits per heavy atom. The Bertz CT molecular complexity index is 548. The minimum absolute atomic E-state index is 0.321. The molecule has 1 heterocycles. The molecule has 0 fully saturated rings. The second kappa shape index (κ2) is 6.37. The summed E-state index contributed by atoms with van der Waals surface area (Å²) in [7, 11) is 1.37. The number of carbonyl (C=O) groups is 1. The molecule has 1 aliphatic heterocycles. The van der Waals surface area contributed by atoms with E-state index in [1.54, 1.807) is 6.92 Å². The van der Waals surface area contributed by atoms with Crippen LogP contribution in [0.2, 0.25) is 0 Å². The molecule has 1 aliphatic rings. The van der Waals surface area contributed by atoms with Gasteiger partial charge >= 0.3 is 5.97 Å². The molecule has 0 aliphatic carbocycles. The van der Waals surface area contributed by atoms with Crippen molar-refractivity contribution in [2.45, 2.75) is 60.0 Å². The molecule has 0 bridgehead atoms. The predicted octanol–water partition coefficient (Wildman–Crippen LogP) is 3.60. The van der Waals surface area contributed by atoms with Crippen LogP contribution in [0.1, 0.15) is 49.4 Å². The number of carbonyl (C=O) groups excluding carboxylic acids is 1. The number of rotatable bonds is 1. The Balaban J connectivity index is 0.00000106. The van der Waals surface area contributed by atoms with Gasteiger partial charge in [-0.1, -0.05) is 13.8 Å². The average molecular weight is 294 g/mol. The van der Waals surface area contributed by atoms with Crippen LogP contribution in [0.25, 0.3) is 0 Å². The highest BCUT2D eigenvalue weighted by atomic mass is 16.6. The maximum absolute atomic E-state index is 11.8. The zero-order chi connectivity index (χ0) is 16.4. The first-order valence-corrected chi connectivity index (χ1v) is 7.41. The van der Waals surface area contributed by atoms with E-state index in [2.05, 4.69) is 0 Å². The molecule has 0 aromatic heterocycles. The summed E-state index contributed by atoms with van der Waals surface area (Å²) >= 11 is 0. The number of methoxy groups -OCH3 is 1. The summed E-state index contributed by atoms with van der Waals surface area (Å²) in [5, 5.41) is 10.1. The smallest absolute Gasteiger partial charge is 0.349 e. The highest BCUT2D eigenvalue weighted by molar-refractivity contribution is 5.80. The van der Waals surface area contributed by atoms with Crippen LogP contribution in [-0.4, -0.2) is 23.8 Å². The molecule has 1 aromatic carbocycles. The molecule has 1 atom stereocenters. The van der Waals surface area contributed by atoms with Gasteiger partial charge in [0.1, 0.15) is 11.5 Å². The van der Waals surface area contributed by atoms with E-state index < -0.39 is 5.60 Å². The topological polar surface area (TPSA) is 55.8 Å². The minimum Gasteiger partial charge on any atom is -0.507 e. The molecule has 21 heavy (non-hydrogen) atoms. The van der Waals surface area contributed by atoms with E-state index >= 15 is 0 Å². The number of ether oxygens (including phenoxy) is 2. The van der Waals surface area contributed by atoms with Crippen LogP contribution in [0.5, 0.6) is 11.5 Å². The Hall–Kier alpha value is -1.71. The quantitative estimate of drug-likeness (QED) is 0.804. The van der Waals surface area contributed by atoms with Crippen LogP contribution >= 0.6 is 0 Å². The summed E-state index contributed by atoms with van der Waals surface area (Å²) < 4.78 is 10.8.